The zero-order valence-corrected chi connectivity index (χ0v) is 17.5. The number of fused-ring (bicyclic) bond motifs is 1. The lowest BCUT2D eigenvalue weighted by atomic mass is 10.0. The van der Waals surface area contributed by atoms with Gasteiger partial charge in [0.25, 0.3) is 0 Å². The van der Waals surface area contributed by atoms with Crippen LogP contribution in [0.4, 0.5) is 4.79 Å². The average Bonchev–Trinajstić information content (AvgIpc) is 3.27. The van der Waals surface area contributed by atoms with Gasteiger partial charge in [-0.3, -0.25) is 4.79 Å². The normalized spacial score (nSPS) is 12.3. The van der Waals surface area contributed by atoms with Crippen LogP contribution in [0.3, 0.4) is 0 Å². The Morgan fingerprint density at radius 1 is 1.31 bits per heavy atom. The van der Waals surface area contributed by atoms with Gasteiger partial charge in [-0.15, -0.1) is 11.3 Å². The molecule has 0 saturated heterocycles. The summed E-state index contributed by atoms with van der Waals surface area (Å²) in [5.41, 5.74) is 2.23. The summed E-state index contributed by atoms with van der Waals surface area (Å²) in [5, 5.41) is 12.2. The van der Waals surface area contributed by atoms with Gasteiger partial charge in [0.05, 0.1) is 11.4 Å². The van der Waals surface area contributed by atoms with Gasteiger partial charge in [0, 0.05) is 30.6 Å². The number of carbonyl (C=O) groups excluding carboxylic acids is 1. The highest BCUT2D eigenvalue weighted by Crippen LogP contribution is 2.33. The third-order valence-electron chi connectivity index (χ3n) is 4.75. The van der Waals surface area contributed by atoms with E-state index in [2.05, 4.69) is 34.6 Å². The van der Waals surface area contributed by atoms with Gasteiger partial charge in [-0.2, -0.15) is 0 Å². The molecule has 2 N–H and O–H groups in total. The Balaban J connectivity index is 1.83. The van der Waals surface area contributed by atoms with Gasteiger partial charge in [0.2, 0.25) is 11.8 Å². The van der Waals surface area contributed by atoms with Gasteiger partial charge >= 0.3 is 6.16 Å². The number of thiazole rings is 1. The first-order chi connectivity index (χ1) is 13.8. The number of rotatable bonds is 8. The van der Waals surface area contributed by atoms with Crippen LogP contribution in [0.15, 0.2) is 35.8 Å². The highest BCUT2D eigenvalue weighted by Gasteiger charge is 2.27. The topological polar surface area (TPSA) is 95.5 Å². The van der Waals surface area contributed by atoms with Gasteiger partial charge in [0.1, 0.15) is 5.01 Å². The summed E-state index contributed by atoms with van der Waals surface area (Å²) >= 11 is 1.31. The Kier molecular flexibility index (Phi) is 6.53. The maximum absolute atomic E-state index is 12.5. The van der Waals surface area contributed by atoms with Crippen molar-refractivity contribution < 1.29 is 19.4 Å². The van der Waals surface area contributed by atoms with Crippen molar-refractivity contribution in [2.45, 2.75) is 39.7 Å². The lowest BCUT2D eigenvalue weighted by Crippen LogP contribution is -2.35. The largest absolute Gasteiger partial charge is 0.512 e. The Hall–Kier alpha value is -2.87. The summed E-state index contributed by atoms with van der Waals surface area (Å²) in [7, 11) is 0. The lowest BCUT2D eigenvalue weighted by Gasteiger charge is -2.31. The summed E-state index contributed by atoms with van der Waals surface area (Å²) in [6, 6.07) is 7.87. The molecule has 3 aromatic rings. The van der Waals surface area contributed by atoms with Crippen LogP contribution in [-0.4, -0.2) is 38.6 Å². The van der Waals surface area contributed by atoms with Crippen molar-refractivity contribution in [3.8, 4) is 5.88 Å². The summed E-state index contributed by atoms with van der Waals surface area (Å²) in [6.45, 7) is 6.29. The first-order valence-electron chi connectivity index (χ1n) is 9.53. The van der Waals surface area contributed by atoms with Crippen molar-refractivity contribution in [3.63, 3.8) is 0 Å². The molecular weight excluding hydrogens is 390 g/mol. The van der Waals surface area contributed by atoms with E-state index < -0.39 is 6.16 Å². The number of amides is 1. The monoisotopic (exact) mass is 415 g/mol. The molecule has 0 aliphatic carbocycles. The van der Waals surface area contributed by atoms with E-state index in [1.807, 2.05) is 29.3 Å². The van der Waals surface area contributed by atoms with Crippen molar-refractivity contribution in [2.24, 2.45) is 5.92 Å². The first-order valence-corrected chi connectivity index (χ1v) is 10.4. The molecule has 2 aromatic heterocycles. The highest BCUT2D eigenvalue weighted by molar-refractivity contribution is 7.09. The molecule has 29 heavy (non-hydrogen) atoms. The summed E-state index contributed by atoms with van der Waals surface area (Å²) in [5.74, 6) is 0.348. The molecule has 0 radical (unpaired) electrons. The van der Waals surface area contributed by atoms with Crippen LogP contribution < -0.4 is 4.74 Å². The number of carbonyl (C=O) groups is 2. The molecule has 7 nitrogen and oxygen atoms in total. The number of hydrogen-bond acceptors (Lipinski definition) is 5. The van der Waals surface area contributed by atoms with Gasteiger partial charge < -0.3 is 19.7 Å². The minimum atomic E-state index is -1.40. The zero-order valence-electron chi connectivity index (χ0n) is 16.7. The fourth-order valence-corrected chi connectivity index (χ4v) is 4.33. The van der Waals surface area contributed by atoms with E-state index in [9.17, 15) is 9.59 Å². The van der Waals surface area contributed by atoms with Crippen LogP contribution in [0.1, 0.15) is 43.8 Å². The Morgan fingerprint density at radius 2 is 2.07 bits per heavy atom. The van der Waals surface area contributed by atoms with Crippen molar-refractivity contribution in [1.29, 1.82) is 0 Å². The number of nitrogens with zero attached hydrogens (tertiary/aromatic N) is 2. The molecule has 0 saturated carbocycles. The number of para-hydroxylation sites is 1. The molecular formula is C21H25N3O4S. The van der Waals surface area contributed by atoms with Crippen molar-refractivity contribution in [1.82, 2.24) is 14.9 Å². The number of H-pyrrole nitrogens is 1. The van der Waals surface area contributed by atoms with Crippen LogP contribution >= 0.6 is 11.3 Å². The van der Waals surface area contributed by atoms with E-state index in [-0.39, 0.29) is 17.8 Å². The average molecular weight is 416 g/mol. The highest BCUT2D eigenvalue weighted by atomic mass is 32.1. The predicted molar refractivity (Wildman–Crippen MR) is 112 cm³/mol. The van der Waals surface area contributed by atoms with E-state index >= 15 is 0 Å². The number of aromatic amines is 1. The molecule has 0 aliphatic rings. The second kappa shape index (κ2) is 9.09. The molecule has 1 aromatic carbocycles. The number of carboxylic acid groups (broad SMARTS) is 1. The maximum atomic E-state index is 12.5. The molecule has 1 atom stereocenters. The molecule has 0 aliphatic heterocycles. The van der Waals surface area contributed by atoms with Gasteiger partial charge in [-0.25, -0.2) is 9.78 Å². The Morgan fingerprint density at radius 3 is 2.76 bits per heavy atom. The van der Waals surface area contributed by atoms with E-state index in [1.165, 1.54) is 11.3 Å². The number of nitrogens with one attached hydrogen (secondary N) is 1. The Labute approximate surface area is 173 Å². The summed E-state index contributed by atoms with van der Waals surface area (Å²) in [4.78, 5) is 32.7. The van der Waals surface area contributed by atoms with Gasteiger partial charge in [-0.05, 0) is 30.4 Å². The fraction of sp³-hybridized carbons (Fsp3) is 0.381. The molecule has 8 heteroatoms. The molecule has 3 rings (SSSR count). The van der Waals surface area contributed by atoms with Crippen molar-refractivity contribution in [2.75, 3.05) is 6.54 Å². The zero-order chi connectivity index (χ0) is 21.0. The molecule has 1 amide bonds. The number of aromatic nitrogens is 2. The standard InChI is InChI=1S/C21H25N3O4S/c1-13(2)10-18(20-23-19(12-29-20)28-21(26)27)24(14(3)25)9-8-15-11-22-17-7-5-4-6-16(15)17/h4-7,11-13,18,22H,8-10H2,1-3H3,(H,26,27). The van der Waals surface area contributed by atoms with Gasteiger partial charge in [-0.1, -0.05) is 32.0 Å². The van der Waals surface area contributed by atoms with Crippen molar-refractivity contribution in [3.05, 3.63) is 46.4 Å². The van der Waals surface area contributed by atoms with E-state index in [0.29, 0.717) is 23.9 Å². The van der Waals surface area contributed by atoms with Crippen LogP contribution in [0.25, 0.3) is 10.9 Å². The maximum Gasteiger partial charge on any atom is 0.512 e. The molecule has 0 bridgehead atoms. The molecule has 2 heterocycles. The molecule has 0 fully saturated rings. The number of hydrogen-bond donors (Lipinski definition) is 2. The summed E-state index contributed by atoms with van der Waals surface area (Å²) < 4.78 is 4.67. The van der Waals surface area contributed by atoms with E-state index in [1.54, 1.807) is 12.3 Å². The second-order valence-electron chi connectivity index (χ2n) is 7.36. The summed E-state index contributed by atoms with van der Waals surface area (Å²) in [6.07, 6.45) is 2.03. The predicted octanol–water partition coefficient (Wildman–Crippen LogP) is 4.86. The SMILES string of the molecule is CC(=O)N(CCc1c[nH]c2ccccc12)C(CC(C)C)c1nc(OC(=O)O)cs1. The fourth-order valence-electron chi connectivity index (χ4n) is 3.48. The third kappa shape index (κ3) is 5.14. The lowest BCUT2D eigenvalue weighted by molar-refractivity contribution is -0.131. The molecule has 0 spiro atoms. The van der Waals surface area contributed by atoms with Gasteiger partial charge in [0.15, 0.2) is 0 Å². The van der Waals surface area contributed by atoms with Crippen LogP contribution in [0.5, 0.6) is 5.88 Å². The van der Waals surface area contributed by atoms with E-state index in [0.717, 1.165) is 22.9 Å². The third-order valence-corrected chi connectivity index (χ3v) is 5.67. The van der Waals surface area contributed by atoms with Crippen LogP contribution in [0, 0.1) is 5.92 Å². The van der Waals surface area contributed by atoms with Crippen LogP contribution in [-0.2, 0) is 11.2 Å². The van der Waals surface area contributed by atoms with Crippen LogP contribution in [0.2, 0.25) is 0 Å². The number of ether oxygens (including phenoxy) is 1. The smallest absolute Gasteiger partial charge is 0.449 e. The minimum absolute atomic E-state index is 0.0357. The quantitative estimate of drug-likeness (QED) is 0.512. The first kappa shape index (κ1) is 20.9. The molecule has 1 unspecified atom stereocenters. The van der Waals surface area contributed by atoms with E-state index in [4.69, 9.17) is 5.11 Å². The molecule has 154 valence electrons. The second-order valence-corrected chi connectivity index (χ2v) is 8.25. The van der Waals surface area contributed by atoms with Crippen molar-refractivity contribution >= 4 is 34.3 Å². The minimum Gasteiger partial charge on any atom is -0.449 e. The Bertz CT molecular complexity index is 995. The number of benzene rings is 1.